The van der Waals surface area contributed by atoms with Crippen LogP contribution in [0.15, 0.2) is 0 Å². The molecule has 4 nitrogen and oxygen atoms in total. The Balaban J connectivity index is 2.50. The Labute approximate surface area is 130 Å². The van der Waals surface area contributed by atoms with Crippen LogP contribution in [0.25, 0.3) is 0 Å². The minimum Gasteiger partial charge on any atom is -0.381 e. The van der Waals surface area contributed by atoms with E-state index in [1.807, 2.05) is 4.90 Å². The number of hydrogen-bond donors (Lipinski definition) is 1. The molecule has 3 atom stereocenters. The molecule has 124 valence electrons. The monoisotopic (exact) mass is 298 g/mol. The first-order valence-electron chi connectivity index (χ1n) is 8.52. The molecule has 1 N–H and O–H groups in total. The molecule has 1 amide bonds. The number of amides is 1. The Hall–Kier alpha value is -0.610. The number of rotatable bonds is 9. The van der Waals surface area contributed by atoms with Crippen molar-refractivity contribution in [3.05, 3.63) is 0 Å². The fraction of sp³-hybridized carbons (Fsp3) is 0.941. The third-order valence-corrected chi connectivity index (χ3v) is 4.22. The highest BCUT2D eigenvalue weighted by Crippen LogP contribution is 2.23. The maximum absolute atomic E-state index is 12.6. The van der Waals surface area contributed by atoms with Crippen molar-refractivity contribution in [3.63, 3.8) is 0 Å². The number of carbonyl (C=O) groups excluding carboxylic acids is 1. The zero-order chi connectivity index (χ0) is 16.0. The lowest BCUT2D eigenvalue weighted by atomic mass is 9.99. The molecule has 0 spiro atoms. The molecular weight excluding hydrogens is 264 g/mol. The van der Waals surface area contributed by atoms with E-state index in [1.165, 1.54) is 0 Å². The van der Waals surface area contributed by atoms with Crippen molar-refractivity contribution in [1.29, 1.82) is 0 Å². The van der Waals surface area contributed by atoms with Crippen molar-refractivity contribution < 1.29 is 9.53 Å². The molecule has 0 aromatic carbocycles. The first kappa shape index (κ1) is 18.4. The van der Waals surface area contributed by atoms with Crippen LogP contribution in [0.1, 0.15) is 54.4 Å². The maximum atomic E-state index is 12.6. The van der Waals surface area contributed by atoms with Crippen LogP contribution >= 0.6 is 0 Å². The van der Waals surface area contributed by atoms with Crippen LogP contribution < -0.4 is 5.32 Å². The molecule has 0 saturated carbocycles. The van der Waals surface area contributed by atoms with Crippen molar-refractivity contribution in [2.45, 2.75) is 66.6 Å². The average molecular weight is 298 g/mol. The molecule has 3 unspecified atom stereocenters. The SMILES string of the molecule is CCC(C)C1NC(C(C)C)N(CCCOCC(C)C)C1=O. The summed E-state index contributed by atoms with van der Waals surface area (Å²) in [6.07, 6.45) is 2.11. The molecule has 0 aromatic rings. The van der Waals surface area contributed by atoms with E-state index in [0.717, 1.165) is 32.6 Å². The minimum atomic E-state index is -0.0148. The zero-order valence-electron chi connectivity index (χ0n) is 14.7. The van der Waals surface area contributed by atoms with Crippen LogP contribution in [0, 0.1) is 17.8 Å². The average Bonchev–Trinajstić information content (AvgIpc) is 2.75. The van der Waals surface area contributed by atoms with E-state index in [2.05, 4.69) is 46.9 Å². The Kier molecular flexibility index (Phi) is 7.67. The molecule has 1 fully saturated rings. The fourth-order valence-electron chi connectivity index (χ4n) is 2.76. The normalized spacial score (nSPS) is 24.4. The number of nitrogens with zero attached hydrogens (tertiary/aromatic N) is 1. The predicted molar refractivity (Wildman–Crippen MR) is 87.0 cm³/mol. The van der Waals surface area contributed by atoms with Gasteiger partial charge in [0.15, 0.2) is 0 Å². The second-order valence-electron chi connectivity index (χ2n) is 7.07. The van der Waals surface area contributed by atoms with Gasteiger partial charge in [-0.15, -0.1) is 0 Å². The minimum absolute atomic E-state index is 0.0148. The van der Waals surface area contributed by atoms with Gasteiger partial charge in [-0.2, -0.15) is 0 Å². The van der Waals surface area contributed by atoms with Crippen LogP contribution in [0.5, 0.6) is 0 Å². The lowest BCUT2D eigenvalue weighted by Gasteiger charge is -2.27. The van der Waals surface area contributed by atoms with Gasteiger partial charge in [-0.05, 0) is 24.2 Å². The van der Waals surface area contributed by atoms with Gasteiger partial charge < -0.3 is 9.64 Å². The molecule has 1 heterocycles. The molecule has 0 radical (unpaired) electrons. The molecule has 1 aliphatic heterocycles. The van der Waals surface area contributed by atoms with E-state index in [-0.39, 0.29) is 18.1 Å². The Bertz CT molecular complexity index is 318. The van der Waals surface area contributed by atoms with Gasteiger partial charge in [0.2, 0.25) is 5.91 Å². The first-order chi connectivity index (χ1) is 9.88. The molecule has 4 heteroatoms. The Morgan fingerprint density at radius 3 is 2.43 bits per heavy atom. The summed E-state index contributed by atoms with van der Waals surface area (Å²) in [7, 11) is 0. The van der Waals surface area contributed by atoms with Crippen molar-refractivity contribution in [2.24, 2.45) is 17.8 Å². The number of carbonyl (C=O) groups is 1. The molecule has 0 aromatic heterocycles. The van der Waals surface area contributed by atoms with Crippen LogP contribution in [0.2, 0.25) is 0 Å². The summed E-state index contributed by atoms with van der Waals surface area (Å²) in [5.41, 5.74) is 0. The van der Waals surface area contributed by atoms with Crippen molar-refractivity contribution in [1.82, 2.24) is 10.2 Å². The quantitative estimate of drug-likeness (QED) is 0.666. The third kappa shape index (κ3) is 5.26. The Morgan fingerprint density at radius 2 is 1.90 bits per heavy atom. The highest BCUT2D eigenvalue weighted by molar-refractivity contribution is 5.84. The largest absolute Gasteiger partial charge is 0.381 e. The van der Waals surface area contributed by atoms with Gasteiger partial charge >= 0.3 is 0 Å². The molecule has 1 saturated heterocycles. The van der Waals surface area contributed by atoms with E-state index in [1.54, 1.807) is 0 Å². The summed E-state index contributed by atoms with van der Waals surface area (Å²) in [5, 5.41) is 3.54. The van der Waals surface area contributed by atoms with Gasteiger partial charge in [-0.3, -0.25) is 10.1 Å². The number of ether oxygens (including phenoxy) is 1. The highest BCUT2D eigenvalue weighted by atomic mass is 16.5. The van der Waals surface area contributed by atoms with Gasteiger partial charge in [0, 0.05) is 19.8 Å². The van der Waals surface area contributed by atoms with Gasteiger partial charge in [-0.25, -0.2) is 0 Å². The molecule has 0 bridgehead atoms. The van der Waals surface area contributed by atoms with Crippen LogP contribution in [0.3, 0.4) is 0 Å². The highest BCUT2D eigenvalue weighted by Gasteiger charge is 2.41. The van der Waals surface area contributed by atoms with E-state index in [4.69, 9.17) is 4.74 Å². The molecule has 21 heavy (non-hydrogen) atoms. The van der Waals surface area contributed by atoms with Crippen molar-refractivity contribution in [3.8, 4) is 0 Å². The topological polar surface area (TPSA) is 41.6 Å². The van der Waals surface area contributed by atoms with Gasteiger partial charge in [-0.1, -0.05) is 48.0 Å². The van der Waals surface area contributed by atoms with E-state index < -0.39 is 0 Å². The number of hydrogen-bond acceptors (Lipinski definition) is 3. The summed E-state index contributed by atoms with van der Waals surface area (Å²) < 4.78 is 5.62. The molecule has 1 aliphatic rings. The maximum Gasteiger partial charge on any atom is 0.241 e. The van der Waals surface area contributed by atoms with Gasteiger partial charge in [0.25, 0.3) is 0 Å². The molecular formula is C17H34N2O2. The summed E-state index contributed by atoms with van der Waals surface area (Å²) in [5.74, 6) is 1.66. The van der Waals surface area contributed by atoms with Crippen LogP contribution in [0.4, 0.5) is 0 Å². The predicted octanol–water partition coefficient (Wildman–Crippen LogP) is 2.88. The van der Waals surface area contributed by atoms with Crippen LogP contribution in [-0.2, 0) is 9.53 Å². The van der Waals surface area contributed by atoms with Crippen molar-refractivity contribution >= 4 is 5.91 Å². The van der Waals surface area contributed by atoms with Crippen molar-refractivity contribution in [2.75, 3.05) is 19.8 Å². The Morgan fingerprint density at radius 1 is 1.24 bits per heavy atom. The third-order valence-electron chi connectivity index (χ3n) is 4.22. The number of nitrogens with one attached hydrogen (secondary N) is 1. The van der Waals surface area contributed by atoms with E-state index in [0.29, 0.717) is 17.8 Å². The second-order valence-corrected chi connectivity index (χ2v) is 7.07. The summed E-state index contributed by atoms with van der Waals surface area (Å²) in [6.45, 7) is 15.3. The summed E-state index contributed by atoms with van der Waals surface area (Å²) in [6, 6.07) is -0.0148. The lowest BCUT2D eigenvalue weighted by molar-refractivity contribution is -0.131. The van der Waals surface area contributed by atoms with Gasteiger partial charge in [0.05, 0.1) is 12.2 Å². The zero-order valence-corrected chi connectivity index (χ0v) is 14.7. The fourth-order valence-corrected chi connectivity index (χ4v) is 2.76. The van der Waals surface area contributed by atoms with E-state index in [9.17, 15) is 4.79 Å². The van der Waals surface area contributed by atoms with Crippen LogP contribution in [-0.4, -0.2) is 42.8 Å². The summed E-state index contributed by atoms with van der Waals surface area (Å²) >= 11 is 0. The lowest BCUT2D eigenvalue weighted by Crippen LogP contribution is -2.42. The van der Waals surface area contributed by atoms with E-state index >= 15 is 0 Å². The van der Waals surface area contributed by atoms with Gasteiger partial charge in [0.1, 0.15) is 0 Å². The smallest absolute Gasteiger partial charge is 0.241 e. The molecule has 1 rings (SSSR count). The molecule has 0 aliphatic carbocycles. The summed E-state index contributed by atoms with van der Waals surface area (Å²) in [4.78, 5) is 14.6. The first-order valence-corrected chi connectivity index (χ1v) is 8.52. The second kappa shape index (κ2) is 8.74. The standard InChI is InChI=1S/C17H34N2O2/c1-7-14(6)15-17(20)19(16(18-15)13(4)5)9-8-10-21-11-12(2)3/h12-16,18H,7-11H2,1-6H3.